The predicted octanol–water partition coefficient (Wildman–Crippen LogP) is 3.60. The fourth-order valence-corrected chi connectivity index (χ4v) is 4.01. The van der Waals surface area contributed by atoms with Crippen molar-refractivity contribution in [3.8, 4) is 0 Å². The van der Waals surface area contributed by atoms with Gasteiger partial charge in [-0.1, -0.05) is 51.3 Å². The Kier molecular flexibility index (Phi) is 12.9. The van der Waals surface area contributed by atoms with Crippen LogP contribution in [-0.4, -0.2) is 39.8 Å². The molecule has 0 bridgehead atoms. The molecule has 0 heterocycles. The molecular formula is C18H32IN3O2S. The molecular weight excluding hydrogens is 449 g/mol. The molecule has 144 valence electrons. The summed E-state index contributed by atoms with van der Waals surface area (Å²) in [4.78, 5) is 4.56. The van der Waals surface area contributed by atoms with Crippen LogP contribution in [0.15, 0.2) is 40.2 Å². The van der Waals surface area contributed by atoms with Crippen LogP contribution in [0.2, 0.25) is 0 Å². The minimum Gasteiger partial charge on any atom is -0.356 e. The fraction of sp³-hybridized carbons (Fsp3) is 0.611. The second kappa shape index (κ2) is 13.4. The number of guanidine groups is 1. The number of rotatable bonds is 10. The number of halogens is 1. The minimum atomic E-state index is -3.30. The largest absolute Gasteiger partial charge is 0.356 e. The van der Waals surface area contributed by atoms with E-state index in [9.17, 15) is 8.42 Å². The maximum Gasteiger partial charge on any atom is 0.191 e. The zero-order valence-electron chi connectivity index (χ0n) is 15.5. The first kappa shape index (κ1) is 24.2. The summed E-state index contributed by atoms with van der Waals surface area (Å²) >= 11 is 0. The highest BCUT2D eigenvalue weighted by molar-refractivity contribution is 14.0. The lowest BCUT2D eigenvalue weighted by Gasteiger charge is -2.20. The maximum absolute atomic E-state index is 12.5. The zero-order valence-corrected chi connectivity index (χ0v) is 18.6. The van der Waals surface area contributed by atoms with Gasteiger partial charge in [-0.15, -0.1) is 24.0 Å². The van der Waals surface area contributed by atoms with Crippen LogP contribution in [0.4, 0.5) is 0 Å². The van der Waals surface area contributed by atoms with Crippen LogP contribution in [0.25, 0.3) is 0 Å². The zero-order chi connectivity index (χ0) is 17.8. The Morgan fingerprint density at radius 1 is 1.12 bits per heavy atom. The standard InChI is InChI=1S/C18H31N3O2S.HI/c1-4-6-7-11-14-20-18(19-3)21-16(5-2)15-24(22,23)17-12-9-8-10-13-17;/h8-10,12-13,16H,4-7,11,14-15H2,1-3H3,(H2,19,20,21);1H. The van der Waals surface area contributed by atoms with Gasteiger partial charge in [-0.3, -0.25) is 4.99 Å². The Labute approximate surface area is 170 Å². The highest BCUT2D eigenvalue weighted by atomic mass is 127. The summed E-state index contributed by atoms with van der Waals surface area (Å²) in [7, 11) is -1.60. The number of aliphatic imine (C=N–C) groups is 1. The smallest absolute Gasteiger partial charge is 0.191 e. The molecule has 1 atom stereocenters. The third-order valence-corrected chi connectivity index (χ3v) is 5.73. The van der Waals surface area contributed by atoms with E-state index in [1.807, 2.05) is 13.0 Å². The molecule has 0 aliphatic heterocycles. The lowest BCUT2D eigenvalue weighted by atomic mass is 10.2. The molecule has 0 aliphatic rings. The van der Waals surface area contributed by atoms with Gasteiger partial charge in [-0.2, -0.15) is 0 Å². The molecule has 1 aromatic rings. The summed E-state index contributed by atoms with van der Waals surface area (Å²) in [5.74, 6) is 0.728. The van der Waals surface area contributed by atoms with E-state index < -0.39 is 9.84 Å². The number of sulfone groups is 1. The van der Waals surface area contributed by atoms with Crippen molar-refractivity contribution in [2.75, 3.05) is 19.3 Å². The van der Waals surface area contributed by atoms with E-state index in [-0.39, 0.29) is 35.8 Å². The van der Waals surface area contributed by atoms with Gasteiger partial charge in [0.15, 0.2) is 15.8 Å². The molecule has 1 aromatic carbocycles. The van der Waals surface area contributed by atoms with Gasteiger partial charge in [0, 0.05) is 19.6 Å². The first-order valence-corrected chi connectivity index (χ1v) is 10.4. The average molecular weight is 481 g/mol. The predicted molar refractivity (Wildman–Crippen MR) is 117 cm³/mol. The van der Waals surface area contributed by atoms with E-state index in [0.29, 0.717) is 17.3 Å². The molecule has 5 nitrogen and oxygen atoms in total. The lowest BCUT2D eigenvalue weighted by Crippen LogP contribution is -2.46. The van der Waals surface area contributed by atoms with Crippen LogP contribution in [0.3, 0.4) is 0 Å². The molecule has 7 heteroatoms. The summed E-state index contributed by atoms with van der Waals surface area (Å²) in [5.41, 5.74) is 0. The summed E-state index contributed by atoms with van der Waals surface area (Å²) in [6.07, 6.45) is 5.44. The van der Waals surface area contributed by atoms with E-state index in [1.165, 1.54) is 19.3 Å². The number of nitrogens with one attached hydrogen (secondary N) is 2. The molecule has 0 radical (unpaired) electrons. The van der Waals surface area contributed by atoms with Gasteiger partial charge < -0.3 is 10.6 Å². The number of hydrogen-bond donors (Lipinski definition) is 2. The van der Waals surface area contributed by atoms with Gasteiger partial charge >= 0.3 is 0 Å². The fourth-order valence-electron chi connectivity index (χ4n) is 2.40. The van der Waals surface area contributed by atoms with Gasteiger partial charge in [0.1, 0.15) is 0 Å². The van der Waals surface area contributed by atoms with E-state index in [0.717, 1.165) is 13.0 Å². The van der Waals surface area contributed by atoms with Gasteiger partial charge in [-0.05, 0) is 25.0 Å². The molecule has 0 amide bonds. The molecule has 1 rings (SSSR count). The molecule has 0 aliphatic carbocycles. The first-order valence-electron chi connectivity index (χ1n) is 8.78. The molecule has 25 heavy (non-hydrogen) atoms. The molecule has 1 unspecified atom stereocenters. The number of benzene rings is 1. The number of hydrogen-bond acceptors (Lipinski definition) is 3. The van der Waals surface area contributed by atoms with Crippen molar-refractivity contribution in [2.24, 2.45) is 4.99 Å². The van der Waals surface area contributed by atoms with E-state index in [4.69, 9.17) is 0 Å². The van der Waals surface area contributed by atoms with Crippen LogP contribution in [0, 0.1) is 0 Å². The van der Waals surface area contributed by atoms with E-state index in [1.54, 1.807) is 31.3 Å². The molecule has 2 N–H and O–H groups in total. The van der Waals surface area contributed by atoms with Crippen molar-refractivity contribution < 1.29 is 8.42 Å². The number of nitrogens with zero attached hydrogens (tertiary/aromatic N) is 1. The Balaban J connectivity index is 0.00000576. The normalized spacial score (nSPS) is 13.0. The Morgan fingerprint density at radius 3 is 2.36 bits per heavy atom. The molecule has 0 saturated heterocycles. The van der Waals surface area contributed by atoms with Crippen molar-refractivity contribution in [3.05, 3.63) is 30.3 Å². The van der Waals surface area contributed by atoms with Crippen molar-refractivity contribution in [1.82, 2.24) is 10.6 Å². The minimum absolute atomic E-state index is 0. The summed E-state index contributed by atoms with van der Waals surface area (Å²) in [6, 6.07) is 8.43. The van der Waals surface area contributed by atoms with Crippen LogP contribution < -0.4 is 10.6 Å². The van der Waals surface area contributed by atoms with Crippen LogP contribution in [0.1, 0.15) is 46.0 Å². The second-order valence-electron chi connectivity index (χ2n) is 5.90. The number of unbranched alkanes of at least 4 members (excludes halogenated alkanes) is 3. The topological polar surface area (TPSA) is 70.6 Å². The molecule has 0 spiro atoms. The molecule has 0 aromatic heterocycles. The van der Waals surface area contributed by atoms with Gasteiger partial charge in [0.2, 0.25) is 0 Å². The Hall–Kier alpha value is -0.830. The highest BCUT2D eigenvalue weighted by Crippen LogP contribution is 2.12. The van der Waals surface area contributed by atoms with E-state index >= 15 is 0 Å². The third kappa shape index (κ3) is 9.44. The third-order valence-electron chi connectivity index (χ3n) is 3.90. The Morgan fingerprint density at radius 2 is 1.80 bits per heavy atom. The highest BCUT2D eigenvalue weighted by Gasteiger charge is 2.20. The summed E-state index contributed by atoms with van der Waals surface area (Å²) in [5, 5.41) is 6.49. The average Bonchev–Trinajstić information content (AvgIpc) is 2.60. The van der Waals surface area contributed by atoms with Gasteiger partial charge in [0.05, 0.1) is 10.6 Å². The molecule has 0 saturated carbocycles. The van der Waals surface area contributed by atoms with Crippen molar-refractivity contribution in [3.63, 3.8) is 0 Å². The van der Waals surface area contributed by atoms with Crippen LogP contribution >= 0.6 is 24.0 Å². The van der Waals surface area contributed by atoms with Crippen molar-refractivity contribution >= 4 is 39.8 Å². The Bertz CT molecular complexity index is 592. The van der Waals surface area contributed by atoms with E-state index in [2.05, 4.69) is 22.5 Å². The van der Waals surface area contributed by atoms with Crippen molar-refractivity contribution in [2.45, 2.75) is 56.9 Å². The first-order chi connectivity index (χ1) is 11.5. The SMILES string of the molecule is CCCCCCNC(=NC)NC(CC)CS(=O)(=O)c1ccccc1.I. The van der Waals surface area contributed by atoms with Gasteiger partial charge in [-0.25, -0.2) is 8.42 Å². The summed E-state index contributed by atoms with van der Waals surface area (Å²) in [6.45, 7) is 5.02. The maximum atomic E-state index is 12.5. The van der Waals surface area contributed by atoms with Crippen molar-refractivity contribution in [1.29, 1.82) is 0 Å². The van der Waals surface area contributed by atoms with Crippen LogP contribution in [0.5, 0.6) is 0 Å². The van der Waals surface area contributed by atoms with Crippen LogP contribution in [-0.2, 0) is 9.84 Å². The molecule has 0 fully saturated rings. The van der Waals surface area contributed by atoms with Gasteiger partial charge in [0.25, 0.3) is 0 Å². The summed E-state index contributed by atoms with van der Waals surface area (Å²) < 4.78 is 25.0. The lowest BCUT2D eigenvalue weighted by molar-refractivity contribution is 0.567. The monoisotopic (exact) mass is 481 g/mol. The second-order valence-corrected chi connectivity index (χ2v) is 7.94. The quantitative estimate of drug-likeness (QED) is 0.232.